The van der Waals surface area contributed by atoms with E-state index >= 15 is 0 Å². The minimum absolute atomic E-state index is 0.0224. The molecule has 2 amide bonds. The van der Waals surface area contributed by atoms with Crippen molar-refractivity contribution in [2.45, 2.75) is 18.9 Å². The molecule has 1 aliphatic heterocycles. The van der Waals surface area contributed by atoms with Crippen LogP contribution in [-0.4, -0.2) is 42.9 Å². The highest BCUT2D eigenvalue weighted by Crippen LogP contribution is 2.21. The number of nitrogens with zero attached hydrogens (tertiary/aromatic N) is 1. The number of para-hydroxylation sites is 1. The highest BCUT2D eigenvalue weighted by Gasteiger charge is 2.24. The van der Waals surface area contributed by atoms with Gasteiger partial charge >= 0.3 is 0 Å². The van der Waals surface area contributed by atoms with Gasteiger partial charge in [0.2, 0.25) is 0 Å². The zero-order valence-corrected chi connectivity index (χ0v) is 14.4. The first-order chi connectivity index (χ1) is 11.7. The van der Waals surface area contributed by atoms with E-state index in [0.29, 0.717) is 22.9 Å². The molecule has 1 saturated heterocycles. The van der Waals surface area contributed by atoms with E-state index in [0.717, 1.165) is 25.9 Å². The average molecular weight is 343 g/mol. The fraction of sp³-hybridized carbons (Fsp3) is 0.333. The molecule has 0 spiro atoms. The van der Waals surface area contributed by atoms with E-state index in [-0.39, 0.29) is 11.8 Å². The molecule has 0 saturated carbocycles. The first-order valence-corrected chi connectivity index (χ1v) is 9.02. The number of anilines is 1. The summed E-state index contributed by atoms with van der Waals surface area (Å²) >= 11 is 1.47. The minimum atomic E-state index is -0.189. The van der Waals surface area contributed by atoms with E-state index < -0.39 is 0 Å². The Hall–Kier alpha value is -2.18. The molecular weight excluding hydrogens is 322 g/mol. The van der Waals surface area contributed by atoms with Crippen LogP contribution >= 0.6 is 11.3 Å². The van der Waals surface area contributed by atoms with Gasteiger partial charge in [-0.25, -0.2) is 0 Å². The summed E-state index contributed by atoms with van der Waals surface area (Å²) in [5.74, 6) is -0.212. The summed E-state index contributed by atoms with van der Waals surface area (Å²) in [7, 11) is 1.96. The molecule has 1 aliphatic rings. The molecule has 1 fully saturated rings. The van der Waals surface area contributed by atoms with Gasteiger partial charge in [0.15, 0.2) is 0 Å². The Morgan fingerprint density at radius 3 is 2.58 bits per heavy atom. The van der Waals surface area contributed by atoms with Crippen LogP contribution in [0.25, 0.3) is 0 Å². The fourth-order valence-electron chi connectivity index (χ4n) is 2.91. The summed E-state index contributed by atoms with van der Waals surface area (Å²) in [6.07, 6.45) is 1.90. The number of nitrogens with one attached hydrogen (secondary N) is 2. The Morgan fingerprint density at radius 2 is 1.92 bits per heavy atom. The number of likely N-dealkylation sites (tertiary alicyclic amines) is 1. The lowest BCUT2D eigenvalue weighted by Gasteiger charge is -2.32. The number of carbonyl (C=O) groups excluding carboxylic acids is 2. The lowest BCUT2D eigenvalue weighted by atomic mass is 10.0. The number of carbonyl (C=O) groups is 2. The molecule has 0 bridgehead atoms. The standard InChI is InChI=1S/C18H21N3O2S/c1-19-14-6-9-21(10-7-14)18(23)15-4-2-3-5-16(15)20-17(22)13-8-11-24-12-13/h2-5,8,11-12,14,19H,6-7,9-10H2,1H3,(H,20,22). The van der Waals surface area contributed by atoms with E-state index in [1.54, 1.807) is 23.6 Å². The molecule has 1 aromatic carbocycles. The van der Waals surface area contributed by atoms with E-state index in [1.165, 1.54) is 11.3 Å². The average Bonchev–Trinajstić information content (AvgIpc) is 3.16. The van der Waals surface area contributed by atoms with Crippen molar-refractivity contribution in [1.82, 2.24) is 10.2 Å². The second kappa shape index (κ2) is 7.59. The van der Waals surface area contributed by atoms with Crippen LogP contribution < -0.4 is 10.6 Å². The third-order valence-electron chi connectivity index (χ3n) is 4.38. The number of rotatable bonds is 4. The SMILES string of the molecule is CNC1CCN(C(=O)c2ccccc2NC(=O)c2ccsc2)CC1. The molecule has 2 heterocycles. The van der Waals surface area contributed by atoms with Crippen molar-refractivity contribution in [3.05, 3.63) is 52.2 Å². The minimum Gasteiger partial charge on any atom is -0.338 e. The number of hydrogen-bond donors (Lipinski definition) is 2. The normalized spacial score (nSPS) is 15.3. The highest BCUT2D eigenvalue weighted by molar-refractivity contribution is 7.08. The van der Waals surface area contributed by atoms with Gasteiger partial charge < -0.3 is 15.5 Å². The molecule has 2 N–H and O–H groups in total. The third kappa shape index (κ3) is 3.66. The Labute approximate surface area is 145 Å². The van der Waals surface area contributed by atoms with E-state index in [1.807, 2.05) is 29.5 Å². The molecule has 6 heteroatoms. The molecule has 0 radical (unpaired) electrons. The molecule has 0 atom stereocenters. The van der Waals surface area contributed by atoms with Gasteiger partial charge in [0.05, 0.1) is 16.8 Å². The van der Waals surface area contributed by atoms with Gasteiger partial charge in [-0.15, -0.1) is 0 Å². The van der Waals surface area contributed by atoms with Crippen molar-refractivity contribution in [2.24, 2.45) is 0 Å². The van der Waals surface area contributed by atoms with E-state index in [9.17, 15) is 9.59 Å². The number of amides is 2. The second-order valence-electron chi connectivity index (χ2n) is 5.87. The lowest BCUT2D eigenvalue weighted by Crippen LogP contribution is -2.44. The summed E-state index contributed by atoms with van der Waals surface area (Å²) in [6.45, 7) is 1.47. The molecule has 3 rings (SSSR count). The Morgan fingerprint density at radius 1 is 1.17 bits per heavy atom. The van der Waals surface area contributed by atoms with Gasteiger partial charge in [0, 0.05) is 24.5 Å². The van der Waals surface area contributed by atoms with Crippen LogP contribution in [0, 0.1) is 0 Å². The predicted octanol–water partition coefficient (Wildman–Crippen LogP) is 2.82. The van der Waals surface area contributed by atoms with Crippen LogP contribution in [0.15, 0.2) is 41.1 Å². The van der Waals surface area contributed by atoms with Crippen molar-refractivity contribution in [3.63, 3.8) is 0 Å². The van der Waals surface area contributed by atoms with Crippen molar-refractivity contribution in [2.75, 3.05) is 25.5 Å². The lowest BCUT2D eigenvalue weighted by molar-refractivity contribution is 0.0708. The monoisotopic (exact) mass is 343 g/mol. The maximum absolute atomic E-state index is 12.8. The van der Waals surface area contributed by atoms with Crippen LogP contribution in [-0.2, 0) is 0 Å². The summed E-state index contributed by atoms with van der Waals surface area (Å²) in [4.78, 5) is 27.0. The quantitative estimate of drug-likeness (QED) is 0.897. The van der Waals surface area contributed by atoms with E-state index in [4.69, 9.17) is 0 Å². The molecule has 2 aromatic rings. The van der Waals surface area contributed by atoms with Crippen molar-refractivity contribution < 1.29 is 9.59 Å². The smallest absolute Gasteiger partial charge is 0.256 e. The summed E-state index contributed by atoms with van der Waals surface area (Å²) in [6, 6.07) is 9.45. The van der Waals surface area contributed by atoms with Crippen LogP contribution in [0.2, 0.25) is 0 Å². The molecule has 126 valence electrons. The maximum atomic E-state index is 12.8. The first kappa shape index (κ1) is 16.7. The van der Waals surface area contributed by atoms with Crippen LogP contribution in [0.4, 0.5) is 5.69 Å². The molecular formula is C18H21N3O2S. The number of benzene rings is 1. The second-order valence-corrected chi connectivity index (χ2v) is 6.65. The Kier molecular flexibility index (Phi) is 5.27. The number of thiophene rings is 1. The van der Waals surface area contributed by atoms with Gasteiger partial charge in [-0.05, 0) is 43.5 Å². The van der Waals surface area contributed by atoms with Crippen LogP contribution in [0.3, 0.4) is 0 Å². The van der Waals surface area contributed by atoms with Crippen molar-refractivity contribution in [3.8, 4) is 0 Å². The number of hydrogen-bond acceptors (Lipinski definition) is 4. The zero-order valence-electron chi connectivity index (χ0n) is 13.6. The molecule has 24 heavy (non-hydrogen) atoms. The molecule has 0 unspecified atom stereocenters. The summed E-state index contributed by atoms with van der Waals surface area (Å²) in [5.41, 5.74) is 1.72. The largest absolute Gasteiger partial charge is 0.338 e. The molecule has 1 aromatic heterocycles. The third-order valence-corrected chi connectivity index (χ3v) is 5.06. The Balaban J connectivity index is 1.74. The highest BCUT2D eigenvalue weighted by atomic mass is 32.1. The van der Waals surface area contributed by atoms with Crippen LogP contribution in [0.1, 0.15) is 33.6 Å². The maximum Gasteiger partial charge on any atom is 0.256 e. The topological polar surface area (TPSA) is 61.4 Å². The predicted molar refractivity (Wildman–Crippen MR) is 96.7 cm³/mol. The van der Waals surface area contributed by atoms with Crippen molar-refractivity contribution >= 4 is 28.8 Å². The Bertz CT molecular complexity index is 707. The zero-order chi connectivity index (χ0) is 16.9. The summed E-state index contributed by atoms with van der Waals surface area (Å²) in [5, 5.41) is 9.78. The first-order valence-electron chi connectivity index (χ1n) is 8.08. The van der Waals surface area contributed by atoms with Gasteiger partial charge in [-0.1, -0.05) is 12.1 Å². The number of piperidine rings is 1. The summed E-state index contributed by atoms with van der Waals surface area (Å²) < 4.78 is 0. The molecule has 0 aliphatic carbocycles. The molecule has 5 nitrogen and oxygen atoms in total. The van der Waals surface area contributed by atoms with Gasteiger partial charge in [-0.3, -0.25) is 9.59 Å². The van der Waals surface area contributed by atoms with Crippen LogP contribution in [0.5, 0.6) is 0 Å². The van der Waals surface area contributed by atoms with Gasteiger partial charge in [-0.2, -0.15) is 11.3 Å². The fourth-order valence-corrected chi connectivity index (χ4v) is 3.54. The van der Waals surface area contributed by atoms with E-state index in [2.05, 4.69) is 10.6 Å². The van der Waals surface area contributed by atoms with Gasteiger partial charge in [0.25, 0.3) is 11.8 Å². The van der Waals surface area contributed by atoms with Crippen molar-refractivity contribution in [1.29, 1.82) is 0 Å². The van der Waals surface area contributed by atoms with Gasteiger partial charge in [0.1, 0.15) is 0 Å².